The molecule has 4 rings (SSSR count). The van der Waals surface area contributed by atoms with Crippen molar-refractivity contribution >= 4 is 35.0 Å². The maximum Gasteiger partial charge on any atom is 0.418 e. The predicted octanol–water partition coefficient (Wildman–Crippen LogP) is 6.04. The van der Waals surface area contributed by atoms with Gasteiger partial charge in [0.25, 0.3) is 0 Å². The van der Waals surface area contributed by atoms with Crippen molar-refractivity contribution in [3.05, 3.63) is 83.1 Å². The zero-order valence-electron chi connectivity index (χ0n) is 17.7. The number of pyridine rings is 1. The Balaban J connectivity index is 1.59. The minimum Gasteiger partial charge on any atom is -0.325 e. The topological polar surface area (TPSA) is 72.7 Å². The van der Waals surface area contributed by atoms with E-state index in [1.165, 1.54) is 6.07 Å². The summed E-state index contributed by atoms with van der Waals surface area (Å²) in [7, 11) is 0. The largest absolute Gasteiger partial charge is 0.418 e. The summed E-state index contributed by atoms with van der Waals surface area (Å²) in [6, 6.07) is 14.4. The first-order chi connectivity index (χ1) is 16.2. The Bertz CT molecular complexity index is 1310. The molecule has 2 heterocycles. The van der Waals surface area contributed by atoms with Crippen molar-refractivity contribution in [3.8, 4) is 17.1 Å². The Labute approximate surface area is 202 Å². The summed E-state index contributed by atoms with van der Waals surface area (Å²) in [5.74, 6) is -0.256. The van der Waals surface area contributed by atoms with Gasteiger partial charge in [-0.1, -0.05) is 41.1 Å². The molecular weight excluding hydrogens is 487 g/mol. The number of alkyl halides is 3. The summed E-state index contributed by atoms with van der Waals surface area (Å²) >= 11 is 6.76. The molecule has 1 amide bonds. The summed E-state index contributed by atoms with van der Waals surface area (Å²) < 4.78 is 41.8. The van der Waals surface area contributed by atoms with E-state index in [0.717, 1.165) is 40.7 Å². The van der Waals surface area contributed by atoms with Crippen LogP contribution in [-0.4, -0.2) is 31.4 Å². The van der Waals surface area contributed by atoms with Crippen LogP contribution in [0.3, 0.4) is 0 Å². The Morgan fingerprint density at radius 3 is 2.44 bits per heavy atom. The van der Waals surface area contributed by atoms with Crippen LogP contribution in [0.2, 0.25) is 5.02 Å². The van der Waals surface area contributed by atoms with Crippen LogP contribution in [-0.2, 0) is 11.0 Å². The Morgan fingerprint density at radius 1 is 1.06 bits per heavy atom. The van der Waals surface area contributed by atoms with E-state index >= 15 is 0 Å². The molecule has 0 fully saturated rings. The number of amides is 1. The van der Waals surface area contributed by atoms with Gasteiger partial charge in [0, 0.05) is 28.7 Å². The van der Waals surface area contributed by atoms with Gasteiger partial charge < -0.3 is 5.32 Å². The smallest absolute Gasteiger partial charge is 0.325 e. The molecule has 0 aliphatic rings. The molecule has 0 aliphatic carbocycles. The average molecular weight is 504 g/mol. The number of aromatic nitrogens is 4. The quantitative estimate of drug-likeness (QED) is 0.325. The molecule has 0 radical (unpaired) electrons. The van der Waals surface area contributed by atoms with Crippen LogP contribution in [0.4, 0.5) is 18.9 Å². The number of carbonyl (C=O) groups excluding carboxylic acids is 1. The first-order valence-electron chi connectivity index (χ1n) is 9.94. The van der Waals surface area contributed by atoms with Gasteiger partial charge in [-0.25, -0.2) is 0 Å². The Morgan fingerprint density at radius 2 is 1.76 bits per heavy atom. The highest BCUT2D eigenvalue weighted by Gasteiger charge is 2.34. The van der Waals surface area contributed by atoms with Gasteiger partial charge in [-0.15, -0.1) is 10.2 Å². The van der Waals surface area contributed by atoms with Crippen LogP contribution in [0.15, 0.2) is 72.1 Å². The number of nitrogens with one attached hydrogen (secondary N) is 1. The number of nitrogens with zero attached hydrogens (tertiary/aromatic N) is 4. The molecule has 34 heavy (non-hydrogen) atoms. The van der Waals surface area contributed by atoms with E-state index in [9.17, 15) is 18.0 Å². The van der Waals surface area contributed by atoms with Crippen molar-refractivity contribution in [2.24, 2.45) is 0 Å². The second-order valence-corrected chi connectivity index (χ2v) is 8.62. The molecule has 174 valence electrons. The molecule has 4 aromatic rings. The summed E-state index contributed by atoms with van der Waals surface area (Å²) in [5, 5.41) is 11.1. The van der Waals surface area contributed by atoms with Crippen molar-refractivity contribution in [2.45, 2.75) is 18.3 Å². The van der Waals surface area contributed by atoms with Gasteiger partial charge in [-0.05, 0) is 49.4 Å². The SMILES string of the molecule is Cc1ccc(-n2c(SCC(=O)Nc3ccc(Cl)cc3C(F)(F)F)nnc2-c2ccncc2)cc1. The normalized spacial score (nSPS) is 11.4. The zero-order valence-corrected chi connectivity index (χ0v) is 19.2. The maximum absolute atomic E-state index is 13.3. The third kappa shape index (κ3) is 5.40. The van der Waals surface area contributed by atoms with E-state index in [1.807, 2.05) is 31.2 Å². The molecule has 0 atom stereocenters. The molecule has 0 unspecified atom stereocenters. The molecule has 2 aromatic carbocycles. The maximum atomic E-state index is 13.3. The highest BCUT2D eigenvalue weighted by molar-refractivity contribution is 7.99. The lowest BCUT2D eigenvalue weighted by Gasteiger charge is -2.14. The average Bonchev–Trinajstić information content (AvgIpc) is 3.23. The van der Waals surface area contributed by atoms with E-state index in [2.05, 4.69) is 20.5 Å². The first kappa shape index (κ1) is 23.8. The summed E-state index contributed by atoms with van der Waals surface area (Å²) in [4.78, 5) is 16.5. The minimum absolute atomic E-state index is 0.0745. The standard InChI is InChI=1S/C23H17ClF3N5OS/c1-14-2-5-17(6-3-14)32-21(15-8-10-28-11-9-15)30-31-22(32)34-13-20(33)29-19-7-4-16(24)12-18(19)23(25,26)27/h2-12H,13H2,1H3,(H,29,33). The summed E-state index contributed by atoms with van der Waals surface area (Å²) in [6.45, 7) is 1.96. The van der Waals surface area contributed by atoms with Gasteiger partial charge in [-0.3, -0.25) is 14.3 Å². The fraction of sp³-hybridized carbons (Fsp3) is 0.130. The lowest BCUT2D eigenvalue weighted by molar-refractivity contribution is -0.137. The van der Waals surface area contributed by atoms with Gasteiger partial charge in [0.05, 0.1) is 17.0 Å². The van der Waals surface area contributed by atoms with Crippen LogP contribution >= 0.6 is 23.4 Å². The van der Waals surface area contributed by atoms with E-state index < -0.39 is 17.6 Å². The van der Waals surface area contributed by atoms with E-state index in [1.54, 1.807) is 29.1 Å². The van der Waals surface area contributed by atoms with Crippen molar-refractivity contribution in [2.75, 3.05) is 11.1 Å². The van der Waals surface area contributed by atoms with Crippen LogP contribution in [0.5, 0.6) is 0 Å². The Kier molecular flexibility index (Phi) is 6.90. The molecule has 11 heteroatoms. The van der Waals surface area contributed by atoms with Gasteiger partial charge in [0.15, 0.2) is 11.0 Å². The summed E-state index contributed by atoms with van der Waals surface area (Å²) in [5.41, 5.74) is 1.25. The molecule has 1 N–H and O–H groups in total. The van der Waals surface area contributed by atoms with Crippen molar-refractivity contribution in [1.82, 2.24) is 19.7 Å². The van der Waals surface area contributed by atoms with Gasteiger partial charge in [0.1, 0.15) is 0 Å². The molecule has 0 bridgehead atoms. The molecule has 0 saturated carbocycles. The molecule has 6 nitrogen and oxygen atoms in total. The molecule has 2 aromatic heterocycles. The number of rotatable bonds is 6. The van der Waals surface area contributed by atoms with Crippen LogP contribution in [0.1, 0.15) is 11.1 Å². The lowest BCUT2D eigenvalue weighted by atomic mass is 10.1. The molecule has 0 saturated heterocycles. The highest BCUT2D eigenvalue weighted by atomic mass is 35.5. The highest BCUT2D eigenvalue weighted by Crippen LogP contribution is 2.36. The van der Waals surface area contributed by atoms with Crippen LogP contribution < -0.4 is 5.32 Å². The van der Waals surface area contributed by atoms with Crippen LogP contribution in [0, 0.1) is 6.92 Å². The minimum atomic E-state index is -4.66. The van der Waals surface area contributed by atoms with Gasteiger partial charge in [0.2, 0.25) is 5.91 Å². The number of hydrogen-bond acceptors (Lipinski definition) is 5. The number of carbonyl (C=O) groups is 1. The molecular formula is C23H17ClF3N5OS. The second-order valence-electron chi connectivity index (χ2n) is 7.24. The molecule has 0 aliphatic heterocycles. The lowest BCUT2D eigenvalue weighted by Crippen LogP contribution is -2.18. The van der Waals surface area contributed by atoms with E-state index in [0.29, 0.717) is 11.0 Å². The summed E-state index contributed by atoms with van der Waals surface area (Å²) in [6.07, 6.45) is -1.39. The number of thioether (sulfide) groups is 1. The third-order valence-electron chi connectivity index (χ3n) is 4.76. The number of halogens is 4. The van der Waals surface area contributed by atoms with Gasteiger partial charge >= 0.3 is 6.18 Å². The number of aryl methyl sites for hydroxylation is 1. The predicted molar refractivity (Wildman–Crippen MR) is 125 cm³/mol. The van der Waals surface area contributed by atoms with Gasteiger partial charge in [-0.2, -0.15) is 13.2 Å². The monoisotopic (exact) mass is 503 g/mol. The number of anilines is 1. The van der Waals surface area contributed by atoms with Crippen molar-refractivity contribution in [3.63, 3.8) is 0 Å². The van der Waals surface area contributed by atoms with E-state index in [4.69, 9.17) is 11.6 Å². The van der Waals surface area contributed by atoms with E-state index in [-0.39, 0.29) is 16.5 Å². The fourth-order valence-electron chi connectivity index (χ4n) is 3.15. The molecule has 0 spiro atoms. The number of benzene rings is 2. The zero-order chi connectivity index (χ0) is 24.3. The fourth-order valence-corrected chi connectivity index (χ4v) is 4.08. The number of hydrogen-bond donors (Lipinski definition) is 1. The van der Waals surface area contributed by atoms with Crippen molar-refractivity contribution in [1.29, 1.82) is 0 Å². The second kappa shape index (κ2) is 9.86. The Hall–Kier alpha value is -3.37. The van der Waals surface area contributed by atoms with Crippen LogP contribution in [0.25, 0.3) is 17.1 Å². The third-order valence-corrected chi connectivity index (χ3v) is 5.92. The van der Waals surface area contributed by atoms with Crippen molar-refractivity contribution < 1.29 is 18.0 Å². The first-order valence-corrected chi connectivity index (χ1v) is 11.3.